The Bertz CT molecular complexity index is 3680. The fourth-order valence-electron chi connectivity index (χ4n) is 9.32. The summed E-state index contributed by atoms with van der Waals surface area (Å²) >= 11 is 0. The van der Waals surface area contributed by atoms with E-state index in [9.17, 15) is 0 Å². The molecule has 0 unspecified atom stereocenters. The lowest BCUT2D eigenvalue weighted by molar-refractivity contribution is 1.07. The number of anilines is 2. The molecule has 0 fully saturated rings. The first kappa shape index (κ1) is 39.5. The average molecular weight is 860 g/mol. The summed E-state index contributed by atoms with van der Waals surface area (Å²) in [7, 11) is 0. The Morgan fingerprint density at radius 1 is 0.478 bits per heavy atom. The Labute approximate surface area is 388 Å². The zero-order chi connectivity index (χ0) is 44.7. The molecule has 0 amide bonds. The van der Waals surface area contributed by atoms with Gasteiger partial charge in [-0.15, -0.1) is 0 Å². The van der Waals surface area contributed by atoms with Crippen LogP contribution in [0.1, 0.15) is 5.56 Å². The number of fused-ring (bicyclic) bond motifs is 5. The Balaban J connectivity index is 0.913. The summed E-state index contributed by atoms with van der Waals surface area (Å²) in [6.07, 6.45) is 14.1. The minimum Gasteiger partial charge on any atom is -0.337 e. The van der Waals surface area contributed by atoms with E-state index in [-0.39, 0.29) is 0 Å². The number of nitrogens with zero attached hydrogens (tertiary/aromatic N) is 7. The van der Waals surface area contributed by atoms with Crippen LogP contribution in [0, 0.1) is 0 Å². The van der Waals surface area contributed by atoms with Gasteiger partial charge in [-0.05, 0) is 82.4 Å². The number of hydrogen-bond donors (Lipinski definition) is 0. The van der Waals surface area contributed by atoms with Gasteiger partial charge in [-0.25, -0.2) is 15.0 Å². The molecule has 0 aliphatic carbocycles. The molecule has 0 saturated carbocycles. The molecule has 0 atom stereocenters. The van der Waals surface area contributed by atoms with Crippen molar-refractivity contribution in [3.05, 3.63) is 237 Å². The summed E-state index contributed by atoms with van der Waals surface area (Å²) in [5.74, 6) is 1.88. The number of benzene rings is 7. The lowest BCUT2D eigenvalue weighted by Gasteiger charge is -2.27. The van der Waals surface area contributed by atoms with E-state index in [2.05, 4.69) is 161 Å². The predicted octanol–water partition coefficient (Wildman–Crippen LogP) is 14.5. The molecule has 0 spiro atoms. The van der Waals surface area contributed by atoms with Crippen LogP contribution in [0.3, 0.4) is 0 Å². The van der Waals surface area contributed by atoms with Crippen LogP contribution in [0.2, 0.25) is 0 Å². The van der Waals surface area contributed by atoms with Crippen LogP contribution in [-0.2, 0) is 0 Å². The van der Waals surface area contributed by atoms with Crippen molar-refractivity contribution in [2.24, 2.45) is 0 Å². The molecule has 7 aromatic carbocycles. The quantitative estimate of drug-likeness (QED) is 0.159. The predicted molar refractivity (Wildman–Crippen MR) is 275 cm³/mol. The molecule has 0 N–H and O–H groups in total. The number of allylic oxidation sites excluding steroid dienone is 4. The maximum absolute atomic E-state index is 5.01. The highest BCUT2D eigenvalue weighted by Crippen LogP contribution is 2.42. The Kier molecular flexibility index (Phi) is 9.91. The van der Waals surface area contributed by atoms with Crippen molar-refractivity contribution < 1.29 is 0 Å². The van der Waals surface area contributed by atoms with E-state index >= 15 is 0 Å². The monoisotopic (exact) mass is 859 g/mol. The van der Waals surface area contributed by atoms with Crippen molar-refractivity contribution in [2.45, 2.75) is 0 Å². The van der Waals surface area contributed by atoms with Crippen molar-refractivity contribution in [2.75, 3.05) is 11.4 Å². The van der Waals surface area contributed by atoms with Gasteiger partial charge < -0.3 is 9.47 Å². The highest BCUT2D eigenvalue weighted by Gasteiger charge is 2.21. The SMILES string of the molecule is C=C1/C=C\C=C/CN(c2ccc(-c3cccc4c3c3ccccc3n4-c3cncc4cccnc34)cc2)c2ccc(-c3cccc(-c4nc(-c5ccccc5)nc(-c5ccccc5)n4)c3)cc21. The second kappa shape index (κ2) is 16.8. The van der Waals surface area contributed by atoms with Crippen molar-refractivity contribution in [3.63, 3.8) is 0 Å². The van der Waals surface area contributed by atoms with Crippen molar-refractivity contribution in [3.8, 4) is 62.1 Å². The fourth-order valence-corrected chi connectivity index (χ4v) is 9.32. The van der Waals surface area contributed by atoms with Crippen molar-refractivity contribution >= 4 is 49.7 Å². The molecule has 4 aromatic heterocycles. The molecular weight excluding hydrogens is 819 g/mol. The molecule has 67 heavy (non-hydrogen) atoms. The molecule has 1 aliphatic heterocycles. The summed E-state index contributed by atoms with van der Waals surface area (Å²) in [6.45, 7) is 5.25. The van der Waals surface area contributed by atoms with E-state index in [4.69, 9.17) is 19.9 Å². The summed E-state index contributed by atoms with van der Waals surface area (Å²) in [4.78, 5) is 26.7. The molecule has 0 saturated heterocycles. The van der Waals surface area contributed by atoms with E-state index in [0.29, 0.717) is 24.0 Å². The topological polar surface area (TPSA) is 72.6 Å². The van der Waals surface area contributed by atoms with Gasteiger partial charge in [0.1, 0.15) is 0 Å². The molecule has 5 heterocycles. The van der Waals surface area contributed by atoms with E-state index in [1.807, 2.05) is 85.3 Å². The lowest BCUT2D eigenvalue weighted by atomic mass is 9.95. The van der Waals surface area contributed by atoms with Gasteiger partial charge in [0.15, 0.2) is 17.5 Å². The highest BCUT2D eigenvalue weighted by molar-refractivity contribution is 6.16. The molecule has 0 radical (unpaired) electrons. The molecule has 0 bridgehead atoms. The fraction of sp³-hybridized carbons (Fsp3) is 0.0167. The van der Waals surface area contributed by atoms with Crippen LogP contribution >= 0.6 is 0 Å². The standard InChI is InChI=1S/C60H41N7/c1-40-16-5-4-12-35-66(48-31-28-41(29-32-48)49-25-14-27-54-56(49)50-24-10-11-26-53(50)67(54)55-39-61-38-47-23-15-34-62-57(47)55)52-33-30-45(37-51(40)52)44-21-13-22-46(36-44)60-64-58(42-17-6-2-7-18-42)63-59(65-60)43-19-8-3-9-20-43/h2-34,36-39H,1,35H2/b12-4-,16-5-. The van der Waals surface area contributed by atoms with Gasteiger partial charge in [-0.2, -0.15) is 0 Å². The Hall–Kier alpha value is -9.07. The van der Waals surface area contributed by atoms with Crippen molar-refractivity contribution in [1.82, 2.24) is 29.5 Å². The molecule has 316 valence electrons. The van der Waals surface area contributed by atoms with E-state index in [0.717, 1.165) is 83.5 Å². The summed E-state index contributed by atoms with van der Waals surface area (Å²) < 4.78 is 2.30. The second-order valence-electron chi connectivity index (χ2n) is 16.6. The maximum Gasteiger partial charge on any atom is 0.164 e. The number of pyridine rings is 2. The zero-order valence-corrected chi connectivity index (χ0v) is 36.4. The van der Waals surface area contributed by atoms with Gasteiger partial charge >= 0.3 is 0 Å². The highest BCUT2D eigenvalue weighted by atomic mass is 15.1. The smallest absolute Gasteiger partial charge is 0.164 e. The molecular formula is C60H41N7. The summed E-state index contributed by atoms with van der Waals surface area (Å²) in [5, 5.41) is 3.38. The van der Waals surface area contributed by atoms with Crippen LogP contribution in [0.4, 0.5) is 11.4 Å². The number of para-hydroxylation sites is 1. The van der Waals surface area contributed by atoms with Gasteiger partial charge in [0, 0.05) is 68.7 Å². The van der Waals surface area contributed by atoms with Gasteiger partial charge in [-0.1, -0.05) is 158 Å². The van der Waals surface area contributed by atoms with E-state index < -0.39 is 0 Å². The molecule has 11 aromatic rings. The van der Waals surface area contributed by atoms with Gasteiger partial charge in [0.25, 0.3) is 0 Å². The summed E-state index contributed by atoms with van der Waals surface area (Å²) in [6, 6.07) is 63.4. The Morgan fingerprint density at radius 3 is 1.93 bits per heavy atom. The van der Waals surface area contributed by atoms with Crippen LogP contribution in [0.25, 0.3) is 100 Å². The third kappa shape index (κ3) is 7.25. The average Bonchev–Trinajstić information content (AvgIpc) is 3.77. The zero-order valence-electron chi connectivity index (χ0n) is 36.4. The largest absolute Gasteiger partial charge is 0.337 e. The first-order chi connectivity index (χ1) is 33.1. The normalized spacial score (nSPS) is 13.6. The molecule has 12 rings (SSSR count). The number of hydrogen-bond acceptors (Lipinski definition) is 6. The van der Waals surface area contributed by atoms with E-state index in [1.54, 1.807) is 0 Å². The van der Waals surface area contributed by atoms with Crippen LogP contribution in [0.5, 0.6) is 0 Å². The van der Waals surface area contributed by atoms with E-state index in [1.165, 1.54) is 16.3 Å². The Morgan fingerprint density at radius 2 is 1.13 bits per heavy atom. The first-order valence-electron chi connectivity index (χ1n) is 22.4. The minimum atomic E-state index is 0.617. The number of aromatic nitrogens is 6. The number of rotatable bonds is 7. The van der Waals surface area contributed by atoms with Crippen molar-refractivity contribution in [1.29, 1.82) is 0 Å². The third-order valence-corrected chi connectivity index (χ3v) is 12.5. The molecule has 7 nitrogen and oxygen atoms in total. The van der Waals surface area contributed by atoms with Crippen LogP contribution < -0.4 is 4.90 Å². The second-order valence-corrected chi connectivity index (χ2v) is 16.6. The third-order valence-electron chi connectivity index (χ3n) is 12.5. The van der Waals surface area contributed by atoms with Gasteiger partial charge in [0.05, 0.1) is 28.4 Å². The van der Waals surface area contributed by atoms with Crippen LogP contribution in [-0.4, -0.2) is 36.0 Å². The molecule has 7 heteroatoms. The lowest BCUT2D eigenvalue weighted by Crippen LogP contribution is -2.18. The van der Waals surface area contributed by atoms with Crippen LogP contribution in [0.15, 0.2) is 231 Å². The minimum absolute atomic E-state index is 0.617. The van der Waals surface area contributed by atoms with Gasteiger partial charge in [0.2, 0.25) is 0 Å². The maximum atomic E-state index is 5.01. The first-order valence-corrected chi connectivity index (χ1v) is 22.4. The molecule has 1 aliphatic rings. The van der Waals surface area contributed by atoms with Gasteiger partial charge in [-0.3, -0.25) is 9.97 Å². The summed E-state index contributed by atoms with van der Waals surface area (Å²) in [5.41, 5.74) is 15.4.